The fourth-order valence-electron chi connectivity index (χ4n) is 4.51. The van der Waals surface area contributed by atoms with Gasteiger partial charge in [0.1, 0.15) is 17.1 Å². The smallest absolute Gasteiger partial charge is 0.266 e. The Morgan fingerprint density at radius 3 is 2.26 bits per heavy atom. The van der Waals surface area contributed by atoms with Gasteiger partial charge in [-0.2, -0.15) is 4.31 Å². The van der Waals surface area contributed by atoms with Crippen LogP contribution in [0.2, 0.25) is 0 Å². The van der Waals surface area contributed by atoms with Crippen LogP contribution in [0.1, 0.15) is 42.1 Å². The van der Waals surface area contributed by atoms with E-state index in [0.29, 0.717) is 41.5 Å². The van der Waals surface area contributed by atoms with Crippen molar-refractivity contribution in [3.8, 4) is 11.5 Å². The van der Waals surface area contributed by atoms with Crippen molar-refractivity contribution in [2.45, 2.75) is 43.5 Å². The Kier molecular flexibility index (Phi) is 5.94. The Hall–Kier alpha value is -2.58. The average Bonchev–Trinajstić information content (AvgIpc) is 3.13. The van der Waals surface area contributed by atoms with Gasteiger partial charge in [0, 0.05) is 24.8 Å². The fourth-order valence-corrected chi connectivity index (χ4v) is 6.08. The maximum Gasteiger partial charge on any atom is 0.266 e. The zero-order valence-corrected chi connectivity index (χ0v) is 18.9. The molecule has 0 aliphatic carbocycles. The number of nitrogens with zero attached hydrogens (tertiary/aromatic N) is 2. The Bertz CT molecular complexity index is 1070. The van der Waals surface area contributed by atoms with E-state index in [0.717, 1.165) is 30.5 Å². The standard InChI is InChI=1S/C23H28N2O5S/c1-16-14-17-15-18(31(27,28)24-12-5-4-6-13-24)10-11-19(17)25(16)23(26)22-20(29-2)8-7-9-21(22)30-3/h7-11,15-16H,4-6,12-14H2,1-3H3/t16-/m0/s1. The van der Waals surface area contributed by atoms with Crippen LogP contribution in [0.15, 0.2) is 41.3 Å². The summed E-state index contributed by atoms with van der Waals surface area (Å²) in [4.78, 5) is 15.5. The maximum atomic E-state index is 13.5. The van der Waals surface area contributed by atoms with Crippen LogP contribution in [0.25, 0.3) is 0 Å². The number of ether oxygens (including phenoxy) is 2. The van der Waals surface area contributed by atoms with E-state index >= 15 is 0 Å². The number of hydrogen-bond acceptors (Lipinski definition) is 5. The number of carbonyl (C=O) groups is 1. The zero-order chi connectivity index (χ0) is 22.2. The highest BCUT2D eigenvalue weighted by atomic mass is 32.2. The molecule has 1 amide bonds. The Morgan fingerprint density at radius 1 is 1.00 bits per heavy atom. The lowest BCUT2D eigenvalue weighted by Gasteiger charge is -2.26. The summed E-state index contributed by atoms with van der Waals surface area (Å²) in [5.74, 6) is 0.649. The number of fused-ring (bicyclic) bond motifs is 1. The molecule has 2 aromatic carbocycles. The Balaban J connectivity index is 1.70. The molecule has 0 N–H and O–H groups in total. The molecule has 2 aliphatic heterocycles. The van der Waals surface area contributed by atoms with E-state index in [1.165, 1.54) is 14.2 Å². The Morgan fingerprint density at radius 2 is 1.65 bits per heavy atom. The molecule has 0 bridgehead atoms. The predicted molar refractivity (Wildman–Crippen MR) is 119 cm³/mol. The van der Waals surface area contributed by atoms with Crippen LogP contribution in [0.5, 0.6) is 11.5 Å². The fraction of sp³-hybridized carbons (Fsp3) is 0.435. The number of sulfonamides is 1. The zero-order valence-electron chi connectivity index (χ0n) is 18.1. The number of anilines is 1. The first-order valence-electron chi connectivity index (χ1n) is 10.6. The Labute approximate surface area is 183 Å². The minimum Gasteiger partial charge on any atom is -0.496 e. The molecular weight excluding hydrogens is 416 g/mol. The first-order valence-corrected chi connectivity index (χ1v) is 12.0. The summed E-state index contributed by atoms with van der Waals surface area (Å²) in [5, 5.41) is 0. The molecule has 7 nitrogen and oxygen atoms in total. The van der Waals surface area contributed by atoms with Crippen LogP contribution in [0.3, 0.4) is 0 Å². The van der Waals surface area contributed by atoms with Gasteiger partial charge < -0.3 is 14.4 Å². The lowest BCUT2D eigenvalue weighted by molar-refractivity contribution is 0.0975. The molecular formula is C23H28N2O5S. The average molecular weight is 445 g/mol. The monoisotopic (exact) mass is 444 g/mol. The summed E-state index contributed by atoms with van der Waals surface area (Å²) >= 11 is 0. The summed E-state index contributed by atoms with van der Waals surface area (Å²) in [6.07, 6.45) is 3.44. The van der Waals surface area contributed by atoms with Crippen LogP contribution < -0.4 is 14.4 Å². The minimum absolute atomic E-state index is 0.120. The number of carbonyl (C=O) groups excluding carboxylic acids is 1. The largest absolute Gasteiger partial charge is 0.496 e. The number of hydrogen-bond donors (Lipinski definition) is 0. The summed E-state index contributed by atoms with van der Waals surface area (Å²) in [6.45, 7) is 3.08. The summed E-state index contributed by atoms with van der Waals surface area (Å²) in [5.41, 5.74) is 1.94. The van der Waals surface area contributed by atoms with Gasteiger partial charge in [-0.05, 0) is 62.1 Å². The van der Waals surface area contributed by atoms with Crippen LogP contribution in [-0.2, 0) is 16.4 Å². The highest BCUT2D eigenvalue weighted by molar-refractivity contribution is 7.89. The molecule has 0 saturated carbocycles. The van der Waals surface area contributed by atoms with Gasteiger partial charge in [-0.1, -0.05) is 12.5 Å². The van der Waals surface area contributed by atoms with Crippen molar-refractivity contribution >= 4 is 21.6 Å². The number of rotatable bonds is 5. The molecule has 0 radical (unpaired) electrons. The summed E-state index contributed by atoms with van der Waals surface area (Å²) in [6, 6.07) is 10.2. The van der Waals surface area contributed by atoms with E-state index in [1.807, 2.05) is 6.92 Å². The molecule has 0 spiro atoms. The van der Waals surface area contributed by atoms with Crippen LogP contribution >= 0.6 is 0 Å². The molecule has 2 heterocycles. The first-order chi connectivity index (χ1) is 14.9. The second-order valence-electron chi connectivity index (χ2n) is 8.02. The van der Waals surface area contributed by atoms with Gasteiger partial charge in [0.15, 0.2) is 0 Å². The van der Waals surface area contributed by atoms with E-state index in [2.05, 4.69) is 0 Å². The van der Waals surface area contributed by atoms with Gasteiger partial charge >= 0.3 is 0 Å². The molecule has 1 fully saturated rings. The number of methoxy groups -OCH3 is 2. The van der Waals surface area contributed by atoms with Gasteiger partial charge in [-0.15, -0.1) is 0 Å². The molecule has 0 unspecified atom stereocenters. The number of piperidine rings is 1. The second kappa shape index (κ2) is 8.51. The third-order valence-electron chi connectivity index (χ3n) is 6.08. The van der Waals surface area contributed by atoms with Crippen LogP contribution in [0, 0.1) is 0 Å². The van der Waals surface area contributed by atoms with Crippen molar-refractivity contribution in [3.05, 3.63) is 47.5 Å². The molecule has 31 heavy (non-hydrogen) atoms. The molecule has 2 aromatic rings. The summed E-state index contributed by atoms with van der Waals surface area (Å²) in [7, 11) is -0.485. The van der Waals surface area contributed by atoms with Crippen LogP contribution in [-0.4, -0.2) is 52.0 Å². The summed E-state index contributed by atoms with van der Waals surface area (Å²) < 4.78 is 38.6. The third kappa shape index (κ3) is 3.78. The molecule has 1 saturated heterocycles. The highest BCUT2D eigenvalue weighted by Crippen LogP contribution is 2.38. The van der Waals surface area contributed by atoms with Crippen molar-refractivity contribution in [1.82, 2.24) is 4.31 Å². The van der Waals surface area contributed by atoms with Gasteiger partial charge in [-0.3, -0.25) is 4.79 Å². The third-order valence-corrected chi connectivity index (χ3v) is 7.97. The first kappa shape index (κ1) is 21.6. The van der Waals surface area contributed by atoms with Crippen molar-refractivity contribution in [1.29, 1.82) is 0 Å². The van der Waals surface area contributed by atoms with Crippen molar-refractivity contribution < 1.29 is 22.7 Å². The van der Waals surface area contributed by atoms with Crippen molar-refractivity contribution in [2.24, 2.45) is 0 Å². The topological polar surface area (TPSA) is 76.1 Å². The molecule has 4 rings (SSSR count). The lowest BCUT2D eigenvalue weighted by atomic mass is 10.1. The number of benzene rings is 2. The van der Waals surface area contributed by atoms with Crippen molar-refractivity contribution in [2.75, 3.05) is 32.2 Å². The predicted octanol–water partition coefficient (Wildman–Crippen LogP) is 3.47. The molecule has 2 aliphatic rings. The van der Waals surface area contributed by atoms with Gasteiger partial charge in [0.25, 0.3) is 5.91 Å². The van der Waals surface area contributed by atoms with Gasteiger partial charge in [0.2, 0.25) is 10.0 Å². The van der Waals surface area contributed by atoms with E-state index < -0.39 is 10.0 Å². The van der Waals surface area contributed by atoms with E-state index in [9.17, 15) is 13.2 Å². The van der Waals surface area contributed by atoms with Gasteiger partial charge in [-0.25, -0.2) is 8.42 Å². The SMILES string of the molecule is COc1cccc(OC)c1C(=O)N1c2ccc(S(=O)(=O)N3CCCCC3)cc2C[C@@H]1C. The second-order valence-corrected chi connectivity index (χ2v) is 9.96. The highest BCUT2D eigenvalue weighted by Gasteiger charge is 2.36. The quantitative estimate of drug-likeness (QED) is 0.706. The lowest BCUT2D eigenvalue weighted by Crippen LogP contribution is -2.36. The molecule has 166 valence electrons. The normalized spacial score (nSPS) is 19.2. The van der Waals surface area contributed by atoms with E-state index in [4.69, 9.17) is 9.47 Å². The molecule has 1 atom stereocenters. The van der Waals surface area contributed by atoms with E-state index in [-0.39, 0.29) is 11.9 Å². The van der Waals surface area contributed by atoms with E-state index in [1.54, 1.807) is 45.6 Å². The molecule has 8 heteroatoms. The molecule has 0 aromatic heterocycles. The maximum absolute atomic E-state index is 13.5. The van der Waals surface area contributed by atoms with Gasteiger partial charge in [0.05, 0.1) is 19.1 Å². The number of amides is 1. The van der Waals surface area contributed by atoms with Crippen LogP contribution in [0.4, 0.5) is 5.69 Å². The van der Waals surface area contributed by atoms with Crippen molar-refractivity contribution in [3.63, 3.8) is 0 Å². The minimum atomic E-state index is -3.52.